The molecule has 1 unspecified atom stereocenters. The van der Waals surface area contributed by atoms with Gasteiger partial charge in [-0.3, -0.25) is 4.57 Å². The second kappa shape index (κ2) is 18.6. The van der Waals surface area contributed by atoms with Crippen LogP contribution in [0, 0.1) is 11.8 Å². The maximum absolute atomic E-state index is 12.3. The van der Waals surface area contributed by atoms with Gasteiger partial charge in [-0.1, -0.05) is 75.0 Å². The first kappa shape index (κ1) is 32.7. The molecule has 0 saturated carbocycles. The highest BCUT2D eigenvalue weighted by molar-refractivity contribution is 7.52. The summed E-state index contributed by atoms with van der Waals surface area (Å²) in [5.74, 6) is 6.78. The number of aromatic nitrogens is 4. The van der Waals surface area contributed by atoms with E-state index in [-0.39, 0.29) is 19.3 Å². The summed E-state index contributed by atoms with van der Waals surface area (Å²) in [5.41, 5.74) is 7.99. The van der Waals surface area contributed by atoms with Crippen molar-refractivity contribution in [2.24, 2.45) is 0 Å². The highest BCUT2D eigenvalue weighted by Crippen LogP contribution is 2.41. The molecule has 2 heterocycles. The minimum absolute atomic E-state index is 0.0473. The van der Waals surface area contributed by atoms with Gasteiger partial charge in [0, 0.05) is 18.6 Å². The molecule has 41 heavy (non-hydrogen) atoms. The summed E-state index contributed by atoms with van der Waals surface area (Å²) >= 11 is 0. The van der Waals surface area contributed by atoms with Crippen LogP contribution in [0.4, 0.5) is 5.82 Å². The summed E-state index contributed by atoms with van der Waals surface area (Å²) in [4.78, 5) is 22.4. The van der Waals surface area contributed by atoms with Crippen molar-refractivity contribution in [3.63, 3.8) is 0 Å². The first-order chi connectivity index (χ1) is 19.9. The van der Waals surface area contributed by atoms with Gasteiger partial charge in [-0.05, 0) is 31.9 Å². The largest absolute Gasteiger partial charge is 0.382 e. The molecule has 0 saturated heterocycles. The van der Waals surface area contributed by atoms with Crippen LogP contribution in [0.15, 0.2) is 43.0 Å². The molecule has 0 fully saturated rings. The summed E-state index contributed by atoms with van der Waals surface area (Å²) < 4.78 is 30.3. The molecule has 10 nitrogen and oxygen atoms in total. The van der Waals surface area contributed by atoms with Gasteiger partial charge in [0.1, 0.15) is 18.2 Å². The van der Waals surface area contributed by atoms with E-state index in [2.05, 4.69) is 26.8 Å². The minimum atomic E-state index is -3.87. The third-order valence-electron chi connectivity index (χ3n) is 6.52. The Morgan fingerprint density at radius 2 is 1.66 bits per heavy atom. The van der Waals surface area contributed by atoms with Gasteiger partial charge in [0.2, 0.25) is 0 Å². The zero-order valence-corrected chi connectivity index (χ0v) is 25.0. The molecule has 0 bridgehead atoms. The maximum atomic E-state index is 12.3. The average Bonchev–Trinajstić information content (AvgIpc) is 3.38. The van der Waals surface area contributed by atoms with Crippen LogP contribution in [0.1, 0.15) is 76.7 Å². The molecule has 224 valence electrons. The van der Waals surface area contributed by atoms with E-state index >= 15 is 0 Å². The van der Waals surface area contributed by atoms with E-state index in [1.807, 2.05) is 30.3 Å². The lowest BCUT2D eigenvalue weighted by atomic mass is 10.1. The van der Waals surface area contributed by atoms with Crippen LogP contribution in [0.5, 0.6) is 0 Å². The number of nitrogen functional groups attached to an aromatic ring is 1. The van der Waals surface area contributed by atoms with Crippen LogP contribution >= 0.6 is 7.60 Å². The second-order valence-corrected chi connectivity index (χ2v) is 11.9. The SMILES string of the molecule is C[C@H](Cn1cnc2c(N)ncnc21)OCP(=O)(O)OCCOCCCCCCCCCCCC#Cc1ccccc1. The maximum Gasteiger partial charge on any atom is 0.353 e. The van der Waals surface area contributed by atoms with Gasteiger partial charge >= 0.3 is 7.60 Å². The first-order valence-corrected chi connectivity index (χ1v) is 16.3. The third-order valence-corrected chi connectivity index (χ3v) is 7.58. The quantitative estimate of drug-likeness (QED) is 0.0938. The van der Waals surface area contributed by atoms with Crippen LogP contribution < -0.4 is 5.73 Å². The lowest BCUT2D eigenvalue weighted by molar-refractivity contribution is 0.0610. The van der Waals surface area contributed by atoms with E-state index in [9.17, 15) is 9.46 Å². The Morgan fingerprint density at radius 3 is 2.41 bits per heavy atom. The molecular formula is C30H44N5O5P. The van der Waals surface area contributed by atoms with Crippen molar-refractivity contribution in [1.82, 2.24) is 19.5 Å². The predicted octanol–water partition coefficient (Wildman–Crippen LogP) is 5.94. The van der Waals surface area contributed by atoms with E-state index < -0.39 is 13.9 Å². The van der Waals surface area contributed by atoms with E-state index in [0.717, 1.165) is 24.8 Å². The van der Waals surface area contributed by atoms with Crippen LogP contribution in [0.25, 0.3) is 11.2 Å². The summed E-state index contributed by atoms with van der Waals surface area (Å²) in [5, 5.41) is 0. The molecular weight excluding hydrogens is 541 g/mol. The normalized spacial score (nSPS) is 13.5. The third kappa shape index (κ3) is 13.2. The summed E-state index contributed by atoms with van der Waals surface area (Å²) in [6, 6.07) is 10.1. The standard InChI is InChI=1S/C30H44N5O5P/c1-26(22-35-24-34-28-29(31)32-23-33-30(28)35)39-25-41(36,37)40-21-20-38-19-15-10-8-6-4-2-3-5-7-9-12-16-27-17-13-11-14-18-27/h11,13-14,17-18,23-24,26H,2-10,15,19-22,25H2,1H3,(H,36,37)(H2,31,32,33)/t26-/m1/s1. The highest BCUT2D eigenvalue weighted by atomic mass is 31.2. The van der Waals surface area contributed by atoms with Crippen LogP contribution in [0.2, 0.25) is 0 Å². The molecule has 0 spiro atoms. The Labute approximate surface area is 243 Å². The van der Waals surface area contributed by atoms with Crippen molar-refractivity contribution in [3.05, 3.63) is 48.5 Å². The molecule has 0 aliphatic heterocycles. The van der Waals surface area contributed by atoms with Gasteiger partial charge in [0.15, 0.2) is 11.5 Å². The van der Waals surface area contributed by atoms with Gasteiger partial charge in [-0.25, -0.2) is 15.0 Å². The molecule has 3 N–H and O–H groups in total. The number of ether oxygens (including phenoxy) is 2. The molecule has 0 aliphatic carbocycles. The molecule has 0 amide bonds. The summed E-state index contributed by atoms with van der Waals surface area (Å²) in [6.45, 7) is 3.14. The van der Waals surface area contributed by atoms with E-state index in [0.29, 0.717) is 30.1 Å². The van der Waals surface area contributed by atoms with Crippen molar-refractivity contribution in [1.29, 1.82) is 0 Å². The van der Waals surface area contributed by atoms with E-state index in [1.165, 1.54) is 51.3 Å². The molecule has 2 atom stereocenters. The zero-order chi connectivity index (χ0) is 29.2. The number of imidazole rings is 1. The highest BCUT2D eigenvalue weighted by Gasteiger charge is 2.21. The fourth-order valence-electron chi connectivity index (χ4n) is 4.30. The topological polar surface area (TPSA) is 135 Å². The fraction of sp³-hybridized carbons (Fsp3) is 0.567. The number of unbranched alkanes of at least 4 members (excludes halogenated alkanes) is 9. The van der Waals surface area contributed by atoms with Gasteiger partial charge in [-0.15, -0.1) is 0 Å². The fourth-order valence-corrected chi connectivity index (χ4v) is 5.18. The predicted molar refractivity (Wildman–Crippen MR) is 161 cm³/mol. The van der Waals surface area contributed by atoms with E-state index in [4.69, 9.17) is 19.7 Å². The van der Waals surface area contributed by atoms with Gasteiger partial charge in [0.05, 0.1) is 32.2 Å². The zero-order valence-electron chi connectivity index (χ0n) is 24.1. The molecule has 3 aromatic rings. The molecule has 11 heteroatoms. The van der Waals surface area contributed by atoms with Crippen LogP contribution in [-0.4, -0.2) is 56.7 Å². The Hall–Kier alpha value is -2.80. The minimum Gasteiger partial charge on any atom is -0.382 e. The number of nitrogens with zero attached hydrogens (tertiary/aromatic N) is 4. The summed E-state index contributed by atoms with van der Waals surface area (Å²) in [6.07, 6.45) is 14.0. The smallest absolute Gasteiger partial charge is 0.353 e. The van der Waals surface area contributed by atoms with Crippen molar-refractivity contribution in [2.75, 3.05) is 31.9 Å². The van der Waals surface area contributed by atoms with Gasteiger partial charge in [0.25, 0.3) is 0 Å². The lowest BCUT2D eigenvalue weighted by Gasteiger charge is -2.17. The Morgan fingerprint density at radius 1 is 0.951 bits per heavy atom. The molecule has 1 aromatic carbocycles. The molecule has 2 aromatic heterocycles. The number of nitrogens with two attached hydrogens (primary N) is 1. The lowest BCUT2D eigenvalue weighted by Crippen LogP contribution is -2.18. The molecule has 0 aliphatic rings. The monoisotopic (exact) mass is 585 g/mol. The number of anilines is 1. The van der Waals surface area contributed by atoms with E-state index in [1.54, 1.807) is 17.8 Å². The van der Waals surface area contributed by atoms with Gasteiger partial charge < -0.3 is 29.2 Å². The van der Waals surface area contributed by atoms with Gasteiger partial charge in [-0.2, -0.15) is 0 Å². The summed E-state index contributed by atoms with van der Waals surface area (Å²) in [7, 11) is -3.87. The molecule has 0 radical (unpaired) electrons. The number of rotatable bonds is 20. The van der Waals surface area contributed by atoms with Crippen molar-refractivity contribution in [2.45, 2.75) is 83.8 Å². The Balaban J connectivity index is 1.10. The number of hydrogen-bond acceptors (Lipinski definition) is 8. The second-order valence-electron chi connectivity index (χ2n) is 10.1. The van der Waals surface area contributed by atoms with Crippen molar-refractivity contribution >= 4 is 24.6 Å². The van der Waals surface area contributed by atoms with Crippen LogP contribution in [-0.2, 0) is 25.1 Å². The Kier molecular flexibility index (Phi) is 14.8. The Bertz CT molecular complexity index is 1260. The molecule has 3 rings (SSSR count). The average molecular weight is 586 g/mol. The first-order valence-electron chi connectivity index (χ1n) is 14.6. The van der Waals surface area contributed by atoms with Crippen molar-refractivity contribution in [3.8, 4) is 11.8 Å². The number of hydrogen-bond donors (Lipinski definition) is 2. The number of fused-ring (bicyclic) bond motifs is 1. The number of benzene rings is 1. The van der Waals surface area contributed by atoms with Crippen molar-refractivity contribution < 1.29 is 23.5 Å². The van der Waals surface area contributed by atoms with Crippen LogP contribution in [0.3, 0.4) is 0 Å².